The van der Waals surface area contributed by atoms with Crippen molar-refractivity contribution in [1.29, 1.82) is 0 Å². The lowest BCUT2D eigenvalue weighted by molar-refractivity contribution is -0.384. The lowest BCUT2D eigenvalue weighted by atomic mass is 10.2. The summed E-state index contributed by atoms with van der Waals surface area (Å²) in [5.74, 6) is 0.300. The molecule has 0 amide bonds. The molecular formula is C15H15FN2O3. The van der Waals surface area contributed by atoms with Crippen molar-refractivity contribution in [2.75, 3.05) is 18.5 Å². The first kappa shape index (κ1) is 14.8. The molecule has 0 fully saturated rings. The third kappa shape index (κ3) is 4.17. The molecule has 0 saturated carbocycles. The topological polar surface area (TPSA) is 64.4 Å². The Bertz CT molecular complexity index is 629. The lowest BCUT2D eigenvalue weighted by Crippen LogP contribution is -2.11. The largest absolute Gasteiger partial charge is 0.492 e. The Morgan fingerprint density at radius 2 is 1.95 bits per heavy atom. The molecule has 0 radical (unpaired) electrons. The smallest absolute Gasteiger partial charge is 0.269 e. The molecule has 0 aliphatic carbocycles. The number of halogens is 1. The summed E-state index contributed by atoms with van der Waals surface area (Å²) in [6.07, 6.45) is 0. The van der Waals surface area contributed by atoms with Crippen molar-refractivity contribution in [3.8, 4) is 5.75 Å². The number of nitrogens with one attached hydrogen (secondary N) is 1. The van der Waals surface area contributed by atoms with Crippen molar-refractivity contribution >= 4 is 11.4 Å². The molecule has 0 saturated heterocycles. The Hall–Kier alpha value is -2.63. The summed E-state index contributed by atoms with van der Waals surface area (Å²) >= 11 is 0. The molecule has 0 aromatic heterocycles. The summed E-state index contributed by atoms with van der Waals surface area (Å²) in [7, 11) is 0. The summed E-state index contributed by atoms with van der Waals surface area (Å²) in [5.41, 5.74) is 1.31. The molecule has 2 aromatic rings. The van der Waals surface area contributed by atoms with Gasteiger partial charge in [-0.2, -0.15) is 0 Å². The normalized spacial score (nSPS) is 10.2. The number of hydrogen-bond acceptors (Lipinski definition) is 4. The molecule has 110 valence electrons. The minimum atomic E-state index is -0.461. The van der Waals surface area contributed by atoms with Crippen LogP contribution in [-0.2, 0) is 0 Å². The van der Waals surface area contributed by atoms with Crippen LogP contribution >= 0.6 is 0 Å². The number of benzene rings is 2. The van der Waals surface area contributed by atoms with E-state index < -0.39 is 4.92 Å². The molecule has 1 N–H and O–H groups in total. The molecule has 0 atom stereocenters. The van der Waals surface area contributed by atoms with Crippen molar-refractivity contribution in [1.82, 2.24) is 0 Å². The van der Waals surface area contributed by atoms with Gasteiger partial charge in [-0.15, -0.1) is 0 Å². The van der Waals surface area contributed by atoms with Crippen LogP contribution in [0.4, 0.5) is 15.8 Å². The number of hydrogen-bond donors (Lipinski definition) is 1. The van der Waals surface area contributed by atoms with Gasteiger partial charge in [0.1, 0.15) is 18.2 Å². The number of nitro groups is 1. The molecule has 0 unspecified atom stereocenters. The molecule has 2 rings (SSSR count). The van der Waals surface area contributed by atoms with Crippen LogP contribution < -0.4 is 10.1 Å². The molecule has 0 heterocycles. The zero-order chi connectivity index (χ0) is 15.2. The summed E-state index contributed by atoms with van der Waals surface area (Å²) in [6, 6.07) is 10.8. The number of aryl methyl sites for hydroxylation is 1. The van der Waals surface area contributed by atoms with Crippen molar-refractivity contribution in [2.24, 2.45) is 0 Å². The molecule has 0 aliphatic rings. The maximum Gasteiger partial charge on any atom is 0.269 e. The van der Waals surface area contributed by atoms with Crippen LogP contribution in [0, 0.1) is 22.9 Å². The van der Waals surface area contributed by atoms with Gasteiger partial charge in [-0.3, -0.25) is 10.1 Å². The Kier molecular flexibility index (Phi) is 4.71. The number of rotatable bonds is 6. The number of nitro benzene ring substituents is 1. The van der Waals surface area contributed by atoms with E-state index in [9.17, 15) is 14.5 Å². The fourth-order valence-corrected chi connectivity index (χ4v) is 1.73. The molecule has 0 spiro atoms. The zero-order valence-corrected chi connectivity index (χ0v) is 11.5. The molecule has 0 bridgehead atoms. The second-order valence-electron chi connectivity index (χ2n) is 4.49. The maximum absolute atomic E-state index is 13.3. The summed E-state index contributed by atoms with van der Waals surface area (Å²) < 4.78 is 18.8. The van der Waals surface area contributed by atoms with E-state index in [4.69, 9.17) is 4.74 Å². The van der Waals surface area contributed by atoms with Crippen LogP contribution in [-0.4, -0.2) is 18.1 Å². The van der Waals surface area contributed by atoms with E-state index in [-0.39, 0.29) is 11.5 Å². The summed E-state index contributed by atoms with van der Waals surface area (Å²) in [5, 5.41) is 13.5. The van der Waals surface area contributed by atoms with Crippen LogP contribution in [0.5, 0.6) is 5.75 Å². The van der Waals surface area contributed by atoms with Crippen LogP contribution in [0.3, 0.4) is 0 Å². The maximum atomic E-state index is 13.3. The van der Waals surface area contributed by atoms with Crippen molar-refractivity contribution in [2.45, 2.75) is 6.92 Å². The van der Waals surface area contributed by atoms with E-state index in [2.05, 4.69) is 5.32 Å². The average molecular weight is 290 g/mol. The van der Waals surface area contributed by atoms with Gasteiger partial charge in [0.25, 0.3) is 5.69 Å². The van der Waals surface area contributed by atoms with Crippen LogP contribution in [0.1, 0.15) is 5.56 Å². The van der Waals surface area contributed by atoms with Gasteiger partial charge in [0.2, 0.25) is 0 Å². The Morgan fingerprint density at radius 1 is 1.24 bits per heavy atom. The Balaban J connectivity index is 1.79. The van der Waals surface area contributed by atoms with Gasteiger partial charge in [0.15, 0.2) is 0 Å². The first-order valence-electron chi connectivity index (χ1n) is 6.43. The second-order valence-corrected chi connectivity index (χ2v) is 4.49. The Labute approximate surface area is 121 Å². The van der Waals surface area contributed by atoms with E-state index in [1.165, 1.54) is 18.2 Å². The monoisotopic (exact) mass is 290 g/mol. The fourth-order valence-electron chi connectivity index (χ4n) is 1.73. The van der Waals surface area contributed by atoms with Gasteiger partial charge >= 0.3 is 0 Å². The second kappa shape index (κ2) is 6.69. The minimum absolute atomic E-state index is 0.0237. The molecule has 0 aliphatic heterocycles. The van der Waals surface area contributed by atoms with Crippen LogP contribution in [0.25, 0.3) is 0 Å². The van der Waals surface area contributed by atoms with E-state index >= 15 is 0 Å². The standard InChI is InChI=1S/C15H15FN2O3/c1-11-2-3-12(10-15(11)16)17-8-9-21-14-6-4-13(5-7-14)18(19)20/h2-7,10,17H,8-9H2,1H3. The SMILES string of the molecule is Cc1ccc(NCCOc2ccc([N+](=O)[O-])cc2)cc1F. The molecule has 5 nitrogen and oxygen atoms in total. The predicted octanol–water partition coefficient (Wildman–Crippen LogP) is 3.53. The third-order valence-electron chi connectivity index (χ3n) is 2.92. The lowest BCUT2D eigenvalue weighted by Gasteiger charge is -2.09. The highest BCUT2D eigenvalue weighted by Gasteiger charge is 2.04. The van der Waals surface area contributed by atoms with E-state index in [1.807, 2.05) is 0 Å². The number of ether oxygens (including phenoxy) is 1. The van der Waals surface area contributed by atoms with Gasteiger partial charge in [0.05, 0.1) is 4.92 Å². The van der Waals surface area contributed by atoms with Crippen molar-refractivity contribution in [3.05, 3.63) is 64.0 Å². The van der Waals surface area contributed by atoms with E-state index in [0.29, 0.717) is 30.2 Å². The highest BCUT2D eigenvalue weighted by molar-refractivity contribution is 5.45. The highest BCUT2D eigenvalue weighted by Crippen LogP contribution is 2.17. The van der Waals surface area contributed by atoms with Gasteiger partial charge in [-0.25, -0.2) is 4.39 Å². The first-order chi connectivity index (χ1) is 10.1. The highest BCUT2D eigenvalue weighted by atomic mass is 19.1. The zero-order valence-electron chi connectivity index (χ0n) is 11.5. The molecular weight excluding hydrogens is 275 g/mol. The number of non-ortho nitro benzene ring substituents is 1. The summed E-state index contributed by atoms with van der Waals surface area (Å²) in [6.45, 7) is 2.57. The number of anilines is 1. The van der Waals surface area contributed by atoms with Gasteiger partial charge in [-0.05, 0) is 36.8 Å². The van der Waals surface area contributed by atoms with Crippen molar-refractivity contribution in [3.63, 3.8) is 0 Å². The average Bonchev–Trinajstić information content (AvgIpc) is 2.47. The van der Waals surface area contributed by atoms with Crippen molar-refractivity contribution < 1.29 is 14.1 Å². The molecule has 2 aromatic carbocycles. The Morgan fingerprint density at radius 3 is 2.57 bits per heavy atom. The quantitative estimate of drug-likeness (QED) is 0.502. The molecule has 6 heteroatoms. The molecule has 21 heavy (non-hydrogen) atoms. The van der Waals surface area contributed by atoms with E-state index in [1.54, 1.807) is 31.2 Å². The van der Waals surface area contributed by atoms with Crippen LogP contribution in [0.2, 0.25) is 0 Å². The third-order valence-corrected chi connectivity index (χ3v) is 2.92. The van der Waals surface area contributed by atoms with Gasteiger partial charge < -0.3 is 10.1 Å². The van der Waals surface area contributed by atoms with E-state index in [0.717, 1.165) is 0 Å². The van der Waals surface area contributed by atoms with Crippen LogP contribution in [0.15, 0.2) is 42.5 Å². The number of nitrogens with zero attached hydrogens (tertiary/aromatic N) is 1. The van der Waals surface area contributed by atoms with Gasteiger partial charge in [0, 0.05) is 24.4 Å². The fraction of sp³-hybridized carbons (Fsp3) is 0.200. The predicted molar refractivity (Wildman–Crippen MR) is 78.2 cm³/mol. The van der Waals surface area contributed by atoms with Gasteiger partial charge in [-0.1, -0.05) is 6.07 Å². The first-order valence-corrected chi connectivity index (χ1v) is 6.43. The minimum Gasteiger partial charge on any atom is -0.492 e. The summed E-state index contributed by atoms with van der Waals surface area (Å²) in [4.78, 5) is 10.0.